The van der Waals surface area contributed by atoms with E-state index in [1.165, 1.54) is 51.1 Å². The standard InChI is InChI=1S/C17H21N5O6S/c1-21-15-14(16(23)22(2)17(21)24)19-13(20-15)7-8-18-29(25,26)10-5-6-11(27-3)12(9-10)28-4/h5-6,9,18H,7-8H2,1-4H3,(H,19,20). The Kier molecular flexibility index (Phi) is 5.48. The molecule has 156 valence electrons. The number of methoxy groups -OCH3 is 2. The van der Waals surface area contributed by atoms with Gasteiger partial charge in [0, 0.05) is 33.1 Å². The molecule has 0 unspecified atom stereocenters. The molecule has 0 radical (unpaired) electrons. The summed E-state index contributed by atoms with van der Waals surface area (Å²) in [5, 5.41) is 0. The van der Waals surface area contributed by atoms with Gasteiger partial charge >= 0.3 is 5.69 Å². The van der Waals surface area contributed by atoms with Crippen molar-refractivity contribution >= 4 is 21.2 Å². The Morgan fingerprint density at radius 3 is 2.45 bits per heavy atom. The summed E-state index contributed by atoms with van der Waals surface area (Å²) in [4.78, 5) is 31.3. The molecule has 0 saturated heterocycles. The van der Waals surface area contributed by atoms with Gasteiger partial charge in [-0.2, -0.15) is 0 Å². The molecule has 2 N–H and O–H groups in total. The third kappa shape index (κ3) is 3.76. The van der Waals surface area contributed by atoms with Crippen LogP contribution in [0.2, 0.25) is 0 Å². The fourth-order valence-electron chi connectivity index (χ4n) is 2.86. The van der Waals surface area contributed by atoms with E-state index in [0.29, 0.717) is 17.3 Å². The van der Waals surface area contributed by atoms with E-state index in [-0.39, 0.29) is 29.0 Å². The Morgan fingerprint density at radius 2 is 1.79 bits per heavy atom. The van der Waals surface area contributed by atoms with Crippen molar-refractivity contribution < 1.29 is 17.9 Å². The minimum atomic E-state index is -3.80. The Bertz CT molecular complexity index is 1290. The predicted octanol–water partition coefficient (Wildman–Crippen LogP) is -0.501. The molecule has 0 fully saturated rings. The van der Waals surface area contributed by atoms with Gasteiger partial charge in [0.2, 0.25) is 10.0 Å². The van der Waals surface area contributed by atoms with Crippen molar-refractivity contribution in [3.8, 4) is 11.5 Å². The second-order valence-electron chi connectivity index (χ2n) is 6.25. The predicted molar refractivity (Wildman–Crippen MR) is 105 cm³/mol. The third-order valence-corrected chi connectivity index (χ3v) is 5.92. The van der Waals surface area contributed by atoms with E-state index in [9.17, 15) is 18.0 Å². The van der Waals surface area contributed by atoms with E-state index in [1.54, 1.807) is 0 Å². The van der Waals surface area contributed by atoms with E-state index < -0.39 is 21.3 Å². The van der Waals surface area contributed by atoms with Crippen LogP contribution in [0.4, 0.5) is 0 Å². The molecule has 0 saturated carbocycles. The molecular formula is C17H21N5O6S. The molecule has 12 heteroatoms. The number of H-pyrrole nitrogens is 1. The first-order chi connectivity index (χ1) is 13.7. The van der Waals surface area contributed by atoms with Gasteiger partial charge in [0.15, 0.2) is 17.1 Å². The molecule has 29 heavy (non-hydrogen) atoms. The van der Waals surface area contributed by atoms with E-state index in [0.717, 1.165) is 4.57 Å². The smallest absolute Gasteiger partial charge is 0.332 e. The van der Waals surface area contributed by atoms with Gasteiger partial charge in [-0.1, -0.05) is 0 Å². The summed E-state index contributed by atoms with van der Waals surface area (Å²) in [5.74, 6) is 1.10. The normalized spacial score (nSPS) is 11.7. The number of aromatic nitrogens is 4. The summed E-state index contributed by atoms with van der Waals surface area (Å²) in [5.41, 5.74) is -0.578. The summed E-state index contributed by atoms with van der Waals surface area (Å²) < 4.78 is 40.0. The van der Waals surface area contributed by atoms with Gasteiger partial charge in [0.25, 0.3) is 5.56 Å². The first-order valence-electron chi connectivity index (χ1n) is 8.56. The molecule has 0 aliphatic rings. The molecule has 2 heterocycles. The molecule has 0 aliphatic heterocycles. The van der Waals surface area contributed by atoms with Crippen molar-refractivity contribution in [1.82, 2.24) is 23.8 Å². The number of aromatic amines is 1. The molecule has 0 spiro atoms. The van der Waals surface area contributed by atoms with Crippen molar-refractivity contribution in [1.29, 1.82) is 0 Å². The second-order valence-corrected chi connectivity index (χ2v) is 8.02. The summed E-state index contributed by atoms with van der Waals surface area (Å²) in [6.45, 7) is 0.0325. The fraction of sp³-hybridized carbons (Fsp3) is 0.353. The van der Waals surface area contributed by atoms with Gasteiger partial charge in [-0.25, -0.2) is 22.9 Å². The first kappa shape index (κ1) is 20.6. The molecular weight excluding hydrogens is 402 g/mol. The molecule has 0 amide bonds. The maximum absolute atomic E-state index is 12.5. The number of hydrogen-bond donors (Lipinski definition) is 2. The van der Waals surface area contributed by atoms with Crippen molar-refractivity contribution in [2.45, 2.75) is 11.3 Å². The van der Waals surface area contributed by atoms with Crippen molar-refractivity contribution in [2.24, 2.45) is 14.1 Å². The number of benzene rings is 1. The monoisotopic (exact) mass is 423 g/mol. The first-order valence-corrected chi connectivity index (χ1v) is 10.0. The Balaban J connectivity index is 1.79. The number of sulfonamides is 1. The van der Waals surface area contributed by atoms with E-state index >= 15 is 0 Å². The number of rotatable bonds is 7. The highest BCUT2D eigenvalue weighted by molar-refractivity contribution is 7.89. The number of aryl methyl sites for hydroxylation is 1. The molecule has 0 atom stereocenters. The second kappa shape index (κ2) is 7.72. The number of ether oxygens (including phenoxy) is 2. The Labute approximate surface area is 166 Å². The van der Waals surface area contributed by atoms with Crippen LogP contribution in [0.3, 0.4) is 0 Å². The Morgan fingerprint density at radius 1 is 1.10 bits per heavy atom. The molecule has 11 nitrogen and oxygen atoms in total. The lowest BCUT2D eigenvalue weighted by Gasteiger charge is -2.10. The number of nitrogens with one attached hydrogen (secondary N) is 2. The summed E-state index contributed by atoms with van der Waals surface area (Å²) in [6, 6.07) is 4.27. The molecule has 0 bridgehead atoms. The van der Waals surface area contributed by atoms with Crippen LogP contribution in [0.15, 0.2) is 32.7 Å². The number of hydrogen-bond acceptors (Lipinski definition) is 7. The zero-order valence-electron chi connectivity index (χ0n) is 16.3. The quantitative estimate of drug-likeness (QED) is 0.522. The van der Waals surface area contributed by atoms with Crippen LogP contribution in [0.5, 0.6) is 11.5 Å². The van der Waals surface area contributed by atoms with Gasteiger partial charge in [-0.3, -0.25) is 13.9 Å². The molecule has 3 aromatic rings. The SMILES string of the molecule is COc1ccc(S(=O)(=O)NCCc2nc3c([nH]2)c(=O)n(C)c(=O)n3C)cc1OC. The minimum absolute atomic E-state index is 0.0241. The fourth-order valence-corrected chi connectivity index (χ4v) is 3.91. The van der Waals surface area contributed by atoms with Gasteiger partial charge in [0.05, 0.1) is 19.1 Å². The zero-order valence-corrected chi connectivity index (χ0v) is 17.2. The third-order valence-electron chi connectivity index (χ3n) is 4.46. The van der Waals surface area contributed by atoms with Crippen LogP contribution >= 0.6 is 0 Å². The number of nitrogens with zero attached hydrogens (tertiary/aromatic N) is 3. The zero-order chi connectivity index (χ0) is 21.3. The van der Waals surface area contributed by atoms with Crippen molar-refractivity contribution in [3.05, 3.63) is 44.9 Å². The van der Waals surface area contributed by atoms with Crippen LogP contribution in [0.1, 0.15) is 5.82 Å². The summed E-state index contributed by atoms with van der Waals surface area (Å²) >= 11 is 0. The topological polar surface area (TPSA) is 137 Å². The molecule has 2 aromatic heterocycles. The van der Waals surface area contributed by atoms with Gasteiger partial charge in [-0.15, -0.1) is 0 Å². The lowest BCUT2D eigenvalue weighted by Crippen LogP contribution is -2.36. The van der Waals surface area contributed by atoms with Crippen molar-refractivity contribution in [3.63, 3.8) is 0 Å². The highest BCUT2D eigenvalue weighted by atomic mass is 32.2. The minimum Gasteiger partial charge on any atom is -0.493 e. The Hall–Kier alpha value is -3.12. The van der Waals surface area contributed by atoms with E-state index in [2.05, 4.69) is 14.7 Å². The van der Waals surface area contributed by atoms with E-state index in [1.807, 2.05) is 0 Å². The summed E-state index contributed by atoms with van der Waals surface area (Å²) in [7, 11) is 1.97. The van der Waals surface area contributed by atoms with Crippen LogP contribution < -0.4 is 25.4 Å². The lowest BCUT2D eigenvalue weighted by molar-refractivity contribution is 0.354. The molecule has 1 aromatic carbocycles. The number of imidazole rings is 1. The lowest BCUT2D eigenvalue weighted by atomic mass is 10.3. The van der Waals surface area contributed by atoms with Crippen LogP contribution in [0, 0.1) is 0 Å². The van der Waals surface area contributed by atoms with Crippen molar-refractivity contribution in [2.75, 3.05) is 20.8 Å². The summed E-state index contributed by atoms with van der Waals surface area (Å²) in [6.07, 6.45) is 0.193. The average molecular weight is 423 g/mol. The van der Waals surface area contributed by atoms with Crippen LogP contribution in [-0.4, -0.2) is 48.3 Å². The number of fused-ring (bicyclic) bond motifs is 1. The highest BCUT2D eigenvalue weighted by Gasteiger charge is 2.18. The van der Waals surface area contributed by atoms with E-state index in [4.69, 9.17) is 9.47 Å². The van der Waals surface area contributed by atoms with Gasteiger partial charge in [0.1, 0.15) is 11.3 Å². The molecule has 3 rings (SSSR count). The van der Waals surface area contributed by atoms with Crippen LogP contribution in [-0.2, 0) is 30.5 Å². The average Bonchev–Trinajstić information content (AvgIpc) is 3.14. The maximum Gasteiger partial charge on any atom is 0.332 e. The molecule has 0 aliphatic carbocycles. The maximum atomic E-state index is 12.5. The highest BCUT2D eigenvalue weighted by Crippen LogP contribution is 2.29. The largest absolute Gasteiger partial charge is 0.493 e. The van der Waals surface area contributed by atoms with Gasteiger partial charge in [-0.05, 0) is 12.1 Å². The van der Waals surface area contributed by atoms with Crippen LogP contribution in [0.25, 0.3) is 11.2 Å². The van der Waals surface area contributed by atoms with Gasteiger partial charge < -0.3 is 14.5 Å².